The van der Waals surface area contributed by atoms with Crippen LogP contribution in [0.4, 0.5) is 0 Å². The summed E-state index contributed by atoms with van der Waals surface area (Å²) in [5, 5.41) is 10.8. The quantitative estimate of drug-likeness (QED) is 0.814. The van der Waals surface area contributed by atoms with Crippen LogP contribution in [0, 0.1) is 0 Å². The van der Waals surface area contributed by atoms with Gasteiger partial charge in [0.05, 0.1) is 11.7 Å². The largest absolute Gasteiger partial charge is 0.352 e. The van der Waals surface area contributed by atoms with Crippen LogP contribution in [0.2, 0.25) is 0 Å². The van der Waals surface area contributed by atoms with Crippen LogP contribution < -0.4 is 10.6 Å². The fourth-order valence-corrected chi connectivity index (χ4v) is 2.09. The van der Waals surface area contributed by atoms with Crippen LogP contribution in [0.25, 0.3) is 0 Å². The minimum Gasteiger partial charge on any atom is -0.352 e. The monoisotopic (exact) mass is 264 g/mol. The van der Waals surface area contributed by atoms with E-state index in [1.807, 2.05) is 24.9 Å². The lowest BCUT2D eigenvalue weighted by atomic mass is 10.1. The molecule has 5 heteroatoms. The molecule has 1 aliphatic carbocycles. The lowest BCUT2D eigenvalue weighted by Crippen LogP contribution is -2.42. The summed E-state index contributed by atoms with van der Waals surface area (Å²) < 4.78 is 1.83. The molecule has 1 unspecified atom stereocenters. The molecule has 1 heterocycles. The summed E-state index contributed by atoms with van der Waals surface area (Å²) in [5.41, 5.74) is 2.27. The van der Waals surface area contributed by atoms with Gasteiger partial charge >= 0.3 is 0 Å². The van der Waals surface area contributed by atoms with Gasteiger partial charge in [0.15, 0.2) is 0 Å². The topological polar surface area (TPSA) is 59.0 Å². The molecule has 1 aliphatic rings. The van der Waals surface area contributed by atoms with Gasteiger partial charge in [-0.25, -0.2) is 0 Å². The number of nitrogens with one attached hydrogen (secondary N) is 2. The first-order valence-corrected chi connectivity index (χ1v) is 7.03. The van der Waals surface area contributed by atoms with Gasteiger partial charge in [0, 0.05) is 31.4 Å². The van der Waals surface area contributed by atoms with Gasteiger partial charge in [-0.1, -0.05) is 13.8 Å². The Labute approximate surface area is 114 Å². The summed E-state index contributed by atoms with van der Waals surface area (Å²) in [5.74, 6) is 0.492. The van der Waals surface area contributed by atoms with E-state index in [-0.39, 0.29) is 11.9 Å². The van der Waals surface area contributed by atoms with E-state index in [1.54, 1.807) is 0 Å². The van der Waals surface area contributed by atoms with E-state index in [0.29, 0.717) is 18.5 Å². The second-order valence-electron chi connectivity index (χ2n) is 5.75. The number of carbonyl (C=O) groups is 1. The van der Waals surface area contributed by atoms with Crippen LogP contribution in [-0.2, 0) is 18.4 Å². The van der Waals surface area contributed by atoms with Crippen molar-refractivity contribution < 1.29 is 4.79 Å². The molecule has 1 aromatic rings. The van der Waals surface area contributed by atoms with Gasteiger partial charge in [0.25, 0.3) is 0 Å². The number of hydrogen-bond donors (Lipinski definition) is 2. The highest BCUT2D eigenvalue weighted by atomic mass is 16.2. The molecule has 0 spiro atoms. The Morgan fingerprint density at radius 1 is 1.47 bits per heavy atom. The van der Waals surface area contributed by atoms with E-state index in [2.05, 4.69) is 29.6 Å². The Morgan fingerprint density at radius 3 is 2.74 bits per heavy atom. The number of nitrogens with zero attached hydrogens (tertiary/aromatic N) is 2. The molecule has 1 aromatic heterocycles. The van der Waals surface area contributed by atoms with E-state index in [9.17, 15) is 4.79 Å². The Hall–Kier alpha value is -1.36. The Morgan fingerprint density at radius 2 is 2.16 bits per heavy atom. The van der Waals surface area contributed by atoms with Crippen LogP contribution in [0.5, 0.6) is 0 Å². The molecule has 2 rings (SSSR count). The van der Waals surface area contributed by atoms with Crippen molar-refractivity contribution in [1.29, 1.82) is 0 Å². The summed E-state index contributed by atoms with van der Waals surface area (Å²) in [4.78, 5) is 11.8. The summed E-state index contributed by atoms with van der Waals surface area (Å²) in [6.07, 6.45) is 4.27. The third kappa shape index (κ3) is 3.80. The van der Waals surface area contributed by atoms with E-state index in [1.165, 1.54) is 5.56 Å². The van der Waals surface area contributed by atoms with E-state index in [4.69, 9.17) is 0 Å². The number of aromatic nitrogens is 2. The molecule has 106 valence electrons. The fraction of sp³-hybridized carbons (Fsp3) is 0.714. The third-order valence-corrected chi connectivity index (χ3v) is 3.40. The van der Waals surface area contributed by atoms with Crippen LogP contribution in [0.15, 0.2) is 6.20 Å². The van der Waals surface area contributed by atoms with Crippen LogP contribution in [0.1, 0.15) is 50.8 Å². The second-order valence-corrected chi connectivity index (χ2v) is 5.75. The lowest BCUT2D eigenvalue weighted by Gasteiger charge is -2.14. The van der Waals surface area contributed by atoms with Gasteiger partial charge in [-0.05, 0) is 25.7 Å². The number of aryl methyl sites for hydroxylation is 1. The first-order valence-electron chi connectivity index (χ1n) is 7.03. The molecular weight excluding hydrogens is 240 g/mol. The Balaban J connectivity index is 1.88. The maximum Gasteiger partial charge on any atom is 0.237 e. The van der Waals surface area contributed by atoms with Gasteiger partial charge in [-0.2, -0.15) is 5.10 Å². The molecule has 19 heavy (non-hydrogen) atoms. The fourth-order valence-electron chi connectivity index (χ4n) is 2.09. The average molecular weight is 264 g/mol. The molecule has 0 aliphatic heterocycles. The highest BCUT2D eigenvalue weighted by Crippen LogP contribution is 2.19. The molecule has 5 nitrogen and oxygen atoms in total. The molecule has 0 radical (unpaired) electrons. The maximum absolute atomic E-state index is 11.8. The van der Waals surface area contributed by atoms with Gasteiger partial charge in [0.1, 0.15) is 0 Å². The minimum absolute atomic E-state index is 0.0949. The molecule has 1 saturated carbocycles. The molecule has 1 atom stereocenters. The van der Waals surface area contributed by atoms with Crippen molar-refractivity contribution in [2.24, 2.45) is 7.05 Å². The minimum atomic E-state index is -0.166. The molecule has 1 amide bonds. The van der Waals surface area contributed by atoms with E-state index >= 15 is 0 Å². The predicted octanol–water partition coefficient (Wildman–Crippen LogP) is 1.30. The van der Waals surface area contributed by atoms with Gasteiger partial charge in [-0.3, -0.25) is 9.48 Å². The van der Waals surface area contributed by atoms with Crippen LogP contribution in [0.3, 0.4) is 0 Å². The summed E-state index contributed by atoms with van der Waals surface area (Å²) in [6.45, 7) is 6.86. The average Bonchev–Trinajstić information content (AvgIpc) is 3.07. The number of amides is 1. The number of hydrogen-bond acceptors (Lipinski definition) is 3. The highest BCUT2D eigenvalue weighted by molar-refractivity contribution is 5.81. The molecule has 0 aromatic carbocycles. The first kappa shape index (κ1) is 14.1. The maximum atomic E-state index is 11.8. The van der Waals surface area contributed by atoms with Crippen molar-refractivity contribution in [3.05, 3.63) is 17.5 Å². The number of carbonyl (C=O) groups excluding carboxylic acids is 1. The number of rotatable bonds is 6. The van der Waals surface area contributed by atoms with Crippen molar-refractivity contribution in [3.63, 3.8) is 0 Å². The van der Waals surface area contributed by atoms with Crippen LogP contribution >= 0.6 is 0 Å². The molecule has 0 bridgehead atoms. The Bertz CT molecular complexity index is 448. The summed E-state index contributed by atoms with van der Waals surface area (Å²) in [6, 6.07) is 0.252. The first-order chi connectivity index (χ1) is 8.97. The summed E-state index contributed by atoms with van der Waals surface area (Å²) >= 11 is 0. The van der Waals surface area contributed by atoms with Gasteiger partial charge < -0.3 is 10.6 Å². The van der Waals surface area contributed by atoms with Gasteiger partial charge in [0.2, 0.25) is 5.91 Å². The second kappa shape index (κ2) is 5.74. The smallest absolute Gasteiger partial charge is 0.237 e. The third-order valence-electron chi connectivity index (χ3n) is 3.40. The lowest BCUT2D eigenvalue weighted by molar-refractivity contribution is -0.122. The SMILES string of the molecule is CC(NCc1cn(C)nc1C(C)C)C(=O)NC1CC1. The zero-order chi connectivity index (χ0) is 14.0. The summed E-state index contributed by atoms with van der Waals surface area (Å²) in [7, 11) is 1.93. The normalized spacial score (nSPS) is 16.7. The van der Waals surface area contributed by atoms with Crippen molar-refractivity contribution >= 4 is 5.91 Å². The molecular formula is C14H24N4O. The van der Waals surface area contributed by atoms with E-state index in [0.717, 1.165) is 18.5 Å². The zero-order valence-electron chi connectivity index (χ0n) is 12.2. The molecule has 2 N–H and O–H groups in total. The highest BCUT2D eigenvalue weighted by Gasteiger charge is 2.25. The van der Waals surface area contributed by atoms with Crippen molar-refractivity contribution in [1.82, 2.24) is 20.4 Å². The van der Waals surface area contributed by atoms with Gasteiger partial charge in [-0.15, -0.1) is 0 Å². The van der Waals surface area contributed by atoms with Crippen molar-refractivity contribution in [2.45, 2.75) is 58.2 Å². The van der Waals surface area contributed by atoms with E-state index < -0.39 is 0 Å². The Kier molecular flexibility index (Phi) is 4.24. The zero-order valence-corrected chi connectivity index (χ0v) is 12.2. The molecule has 0 saturated heterocycles. The van der Waals surface area contributed by atoms with Crippen LogP contribution in [-0.4, -0.2) is 27.8 Å². The predicted molar refractivity (Wildman–Crippen MR) is 74.8 cm³/mol. The molecule has 1 fully saturated rings. The standard InChI is InChI=1S/C14H24N4O/c1-9(2)13-11(8-18(4)17-13)7-15-10(3)14(19)16-12-5-6-12/h8-10,12,15H,5-7H2,1-4H3,(H,16,19). The van der Waals surface area contributed by atoms with Crippen molar-refractivity contribution in [2.75, 3.05) is 0 Å². The van der Waals surface area contributed by atoms with Crippen molar-refractivity contribution in [3.8, 4) is 0 Å².